The zero-order chi connectivity index (χ0) is 22.1. The summed E-state index contributed by atoms with van der Waals surface area (Å²) in [4.78, 5) is 6.74. The number of benzene rings is 1. The van der Waals surface area contributed by atoms with Gasteiger partial charge >= 0.3 is 0 Å². The number of nitrogens with one attached hydrogen (secondary N) is 1. The van der Waals surface area contributed by atoms with E-state index in [0.717, 1.165) is 17.1 Å². The first kappa shape index (κ1) is 21.3. The van der Waals surface area contributed by atoms with Crippen molar-refractivity contribution in [3.8, 4) is 0 Å². The van der Waals surface area contributed by atoms with Crippen molar-refractivity contribution in [2.24, 2.45) is 0 Å². The normalized spacial score (nSPS) is 19.7. The van der Waals surface area contributed by atoms with Gasteiger partial charge in [-0.2, -0.15) is 5.10 Å². The number of nitrogens with zero attached hydrogens (tertiary/aromatic N) is 4. The minimum Gasteiger partial charge on any atom is -0.377 e. The van der Waals surface area contributed by atoms with Crippen LogP contribution < -0.4 is 10.2 Å². The average Bonchev–Trinajstić information content (AvgIpc) is 3.21. The Morgan fingerprint density at radius 2 is 1.84 bits per heavy atom. The van der Waals surface area contributed by atoms with Gasteiger partial charge in [-0.15, -0.1) is 5.10 Å². The number of pyridine rings is 1. The Bertz CT molecular complexity index is 1080. The monoisotopic (exact) mass is 429 g/mol. The molecule has 9 heteroatoms. The van der Waals surface area contributed by atoms with Crippen LogP contribution in [0.15, 0.2) is 30.5 Å². The van der Waals surface area contributed by atoms with Gasteiger partial charge in [-0.25, -0.2) is 8.78 Å². The number of rotatable bonds is 6. The lowest BCUT2D eigenvalue weighted by Gasteiger charge is -2.20. The number of ether oxygens (including phenoxy) is 2. The molecule has 1 saturated heterocycles. The second-order valence-corrected chi connectivity index (χ2v) is 7.69. The maximum Gasteiger partial charge on any atom is 0.164 e. The van der Waals surface area contributed by atoms with Crippen LogP contribution in [0.2, 0.25) is 0 Å². The van der Waals surface area contributed by atoms with E-state index in [1.54, 1.807) is 33.4 Å². The van der Waals surface area contributed by atoms with E-state index in [9.17, 15) is 8.78 Å². The van der Waals surface area contributed by atoms with Crippen molar-refractivity contribution in [1.29, 1.82) is 0 Å². The minimum absolute atomic E-state index is 0.0356. The summed E-state index contributed by atoms with van der Waals surface area (Å²) in [7, 11) is 3.35. The van der Waals surface area contributed by atoms with Crippen molar-refractivity contribution in [3.05, 3.63) is 53.4 Å². The van der Waals surface area contributed by atoms with Gasteiger partial charge in [-0.1, -0.05) is 12.1 Å². The van der Waals surface area contributed by atoms with E-state index in [-0.39, 0.29) is 17.8 Å². The number of hydrogen-bond donors (Lipinski definition) is 1. The molecule has 0 radical (unpaired) electrons. The molecule has 3 atom stereocenters. The number of methoxy groups -OCH3 is 2. The van der Waals surface area contributed by atoms with Crippen LogP contribution in [-0.4, -0.2) is 54.7 Å². The average molecular weight is 429 g/mol. The molecule has 0 unspecified atom stereocenters. The molecule has 0 aliphatic carbocycles. The number of halogens is 2. The van der Waals surface area contributed by atoms with Gasteiger partial charge in [0.05, 0.1) is 29.1 Å². The quantitative estimate of drug-likeness (QED) is 0.641. The van der Waals surface area contributed by atoms with Crippen molar-refractivity contribution in [3.63, 3.8) is 0 Å². The molecule has 3 aromatic rings. The van der Waals surface area contributed by atoms with Crippen LogP contribution in [0.5, 0.6) is 0 Å². The molecule has 1 aliphatic rings. The fourth-order valence-electron chi connectivity index (χ4n) is 3.97. The minimum atomic E-state index is -0.885. The fourth-order valence-corrected chi connectivity index (χ4v) is 3.97. The highest BCUT2D eigenvalue weighted by atomic mass is 19.2. The van der Waals surface area contributed by atoms with Crippen molar-refractivity contribution in [2.45, 2.75) is 32.1 Å². The number of aryl methyl sites for hydroxylation is 1. The van der Waals surface area contributed by atoms with Gasteiger partial charge in [0.25, 0.3) is 0 Å². The summed E-state index contributed by atoms with van der Waals surface area (Å²) in [5.74, 6) is -1.31. The summed E-state index contributed by atoms with van der Waals surface area (Å²) in [5.41, 5.74) is 2.49. The highest BCUT2D eigenvalue weighted by molar-refractivity contribution is 5.92. The summed E-state index contributed by atoms with van der Waals surface area (Å²) in [6.45, 7) is 4.93. The maximum atomic E-state index is 14.2. The van der Waals surface area contributed by atoms with Crippen LogP contribution >= 0.6 is 0 Å². The van der Waals surface area contributed by atoms with Gasteiger partial charge in [-0.05, 0) is 26.0 Å². The van der Waals surface area contributed by atoms with Gasteiger partial charge < -0.3 is 19.7 Å². The molecule has 0 saturated carbocycles. The molecule has 1 aliphatic heterocycles. The van der Waals surface area contributed by atoms with Gasteiger partial charge in [-0.3, -0.25) is 4.98 Å². The Balaban J connectivity index is 1.69. The zero-order valence-electron chi connectivity index (χ0n) is 17.9. The Morgan fingerprint density at radius 1 is 1.13 bits per heavy atom. The van der Waals surface area contributed by atoms with Gasteiger partial charge in [0.2, 0.25) is 0 Å². The Hall–Kier alpha value is -2.91. The van der Waals surface area contributed by atoms with E-state index < -0.39 is 17.7 Å². The molecule has 2 aromatic heterocycles. The number of hydrogen-bond acceptors (Lipinski definition) is 7. The third kappa shape index (κ3) is 4.03. The van der Waals surface area contributed by atoms with Crippen molar-refractivity contribution in [1.82, 2.24) is 15.2 Å². The molecular weight excluding hydrogens is 404 g/mol. The standard InChI is InChI=1S/C22H25F2N5O2/c1-12(15-6-5-7-17(23)20(15)24)26-22-16-8-14(9-25-21(16)13(2)27-28-22)29-10-18(30-3)19(11-29)31-4/h5-9,12,18-19H,10-11H2,1-4H3,(H,26,28)/t12-,18-,19+/m1/s1. The second-order valence-electron chi connectivity index (χ2n) is 7.69. The Morgan fingerprint density at radius 3 is 2.52 bits per heavy atom. The lowest BCUT2D eigenvalue weighted by atomic mass is 10.1. The van der Waals surface area contributed by atoms with Crippen LogP contribution in [-0.2, 0) is 9.47 Å². The summed E-state index contributed by atoms with van der Waals surface area (Å²) < 4.78 is 39.0. The molecule has 164 valence electrons. The molecule has 0 spiro atoms. The lowest BCUT2D eigenvalue weighted by molar-refractivity contribution is -0.00461. The molecular formula is C22H25F2N5O2. The molecule has 1 fully saturated rings. The highest BCUT2D eigenvalue weighted by Crippen LogP contribution is 2.31. The second kappa shape index (κ2) is 8.68. The number of aromatic nitrogens is 3. The van der Waals surface area contributed by atoms with E-state index >= 15 is 0 Å². The summed E-state index contributed by atoms with van der Waals surface area (Å²) in [5, 5.41) is 12.4. The Labute approximate surface area is 179 Å². The van der Waals surface area contributed by atoms with Crippen LogP contribution in [0.4, 0.5) is 20.3 Å². The lowest BCUT2D eigenvalue weighted by Crippen LogP contribution is -2.27. The molecule has 1 aromatic carbocycles. The van der Waals surface area contributed by atoms with Crippen molar-refractivity contribution < 1.29 is 18.3 Å². The van der Waals surface area contributed by atoms with Gasteiger partial charge in [0.15, 0.2) is 17.5 Å². The first-order valence-corrected chi connectivity index (χ1v) is 10.1. The molecule has 4 rings (SSSR count). The molecule has 0 bridgehead atoms. The van der Waals surface area contributed by atoms with E-state index in [2.05, 4.69) is 25.4 Å². The van der Waals surface area contributed by atoms with Gasteiger partial charge in [0, 0.05) is 38.3 Å². The van der Waals surface area contributed by atoms with Crippen LogP contribution in [0.3, 0.4) is 0 Å². The fraction of sp³-hybridized carbons (Fsp3) is 0.409. The predicted molar refractivity (Wildman–Crippen MR) is 114 cm³/mol. The predicted octanol–water partition coefficient (Wildman–Crippen LogP) is 3.63. The topological polar surface area (TPSA) is 72.4 Å². The summed E-state index contributed by atoms with van der Waals surface area (Å²) in [6.07, 6.45) is 1.72. The third-order valence-electron chi connectivity index (χ3n) is 5.76. The van der Waals surface area contributed by atoms with E-state index in [1.165, 1.54) is 6.07 Å². The molecule has 0 amide bonds. The number of anilines is 2. The van der Waals surface area contributed by atoms with E-state index in [1.807, 2.05) is 13.0 Å². The summed E-state index contributed by atoms with van der Waals surface area (Å²) >= 11 is 0. The Kier molecular flexibility index (Phi) is 5.97. The van der Waals surface area contributed by atoms with Crippen LogP contribution in [0.1, 0.15) is 24.2 Å². The first-order valence-electron chi connectivity index (χ1n) is 10.1. The maximum absolute atomic E-state index is 14.2. The zero-order valence-corrected chi connectivity index (χ0v) is 17.9. The van der Waals surface area contributed by atoms with Crippen LogP contribution in [0, 0.1) is 18.6 Å². The smallest absolute Gasteiger partial charge is 0.164 e. The third-order valence-corrected chi connectivity index (χ3v) is 5.76. The molecule has 1 N–H and O–H groups in total. The van der Waals surface area contributed by atoms with Crippen LogP contribution in [0.25, 0.3) is 10.9 Å². The number of fused-ring (bicyclic) bond motifs is 1. The SMILES string of the molecule is CO[C@H]1CN(c2cnc3c(C)nnc(N[C@H](C)c4cccc(F)c4F)c3c2)C[C@H]1OC. The first-order chi connectivity index (χ1) is 14.9. The molecule has 3 heterocycles. The largest absolute Gasteiger partial charge is 0.377 e. The summed E-state index contributed by atoms with van der Waals surface area (Å²) in [6, 6.07) is 5.58. The molecule has 31 heavy (non-hydrogen) atoms. The van der Waals surface area contributed by atoms with Crippen molar-refractivity contribution >= 4 is 22.4 Å². The highest BCUT2D eigenvalue weighted by Gasteiger charge is 2.33. The van der Waals surface area contributed by atoms with E-state index in [0.29, 0.717) is 30.1 Å². The van der Waals surface area contributed by atoms with Gasteiger partial charge in [0.1, 0.15) is 12.2 Å². The van der Waals surface area contributed by atoms with E-state index in [4.69, 9.17) is 9.47 Å². The molecule has 7 nitrogen and oxygen atoms in total. The van der Waals surface area contributed by atoms with Crippen molar-refractivity contribution in [2.75, 3.05) is 37.5 Å².